The molecule has 1 fully saturated rings. The van der Waals surface area contributed by atoms with Crippen LogP contribution >= 0.6 is 11.3 Å². The summed E-state index contributed by atoms with van der Waals surface area (Å²) in [5, 5.41) is 17.1. The van der Waals surface area contributed by atoms with Gasteiger partial charge in [0.2, 0.25) is 11.7 Å². The van der Waals surface area contributed by atoms with Gasteiger partial charge in [-0.05, 0) is 30.8 Å². The van der Waals surface area contributed by atoms with Gasteiger partial charge in [-0.1, -0.05) is 11.6 Å². The zero-order valence-electron chi connectivity index (χ0n) is 10.9. The van der Waals surface area contributed by atoms with Gasteiger partial charge in [-0.2, -0.15) is 16.3 Å². The van der Waals surface area contributed by atoms with Crippen molar-refractivity contribution < 1.29 is 14.4 Å². The minimum Gasteiger partial charge on any atom is -0.480 e. The molecule has 20 heavy (non-hydrogen) atoms. The lowest BCUT2D eigenvalue weighted by Gasteiger charge is -2.31. The molecule has 2 aromatic heterocycles. The molecule has 0 saturated carbocycles. The van der Waals surface area contributed by atoms with E-state index >= 15 is 0 Å². The van der Waals surface area contributed by atoms with Gasteiger partial charge in [0.05, 0.1) is 6.54 Å². The van der Waals surface area contributed by atoms with Crippen LogP contribution in [-0.4, -0.2) is 38.7 Å². The smallest absolute Gasteiger partial charge is 0.320 e. The van der Waals surface area contributed by atoms with Crippen LogP contribution in [0, 0.1) is 0 Å². The first-order valence-electron chi connectivity index (χ1n) is 6.56. The van der Waals surface area contributed by atoms with Crippen molar-refractivity contribution in [2.45, 2.75) is 31.8 Å². The van der Waals surface area contributed by atoms with Crippen molar-refractivity contribution in [1.29, 1.82) is 0 Å². The second-order valence-electron chi connectivity index (χ2n) is 4.84. The molecule has 2 aromatic rings. The van der Waals surface area contributed by atoms with Crippen LogP contribution in [-0.2, 0) is 11.3 Å². The molecule has 7 heteroatoms. The maximum Gasteiger partial charge on any atom is 0.320 e. The molecule has 106 valence electrons. The van der Waals surface area contributed by atoms with Crippen molar-refractivity contribution in [3.63, 3.8) is 0 Å². The van der Waals surface area contributed by atoms with Crippen LogP contribution in [0.2, 0.25) is 0 Å². The van der Waals surface area contributed by atoms with Gasteiger partial charge in [0.25, 0.3) is 0 Å². The molecule has 1 N–H and O–H groups in total. The van der Waals surface area contributed by atoms with E-state index in [1.54, 1.807) is 11.3 Å². The van der Waals surface area contributed by atoms with Crippen molar-refractivity contribution >= 4 is 17.3 Å². The van der Waals surface area contributed by atoms with Gasteiger partial charge < -0.3 is 9.63 Å². The zero-order chi connectivity index (χ0) is 13.9. The molecule has 3 heterocycles. The third-order valence-corrected chi connectivity index (χ3v) is 4.17. The molecule has 6 nitrogen and oxygen atoms in total. The highest BCUT2D eigenvalue weighted by atomic mass is 32.1. The molecule has 0 aliphatic carbocycles. The SMILES string of the molecule is O=C(O)C1CCCCN1Cc1nc(-c2ccsc2)no1. The van der Waals surface area contributed by atoms with Gasteiger partial charge >= 0.3 is 5.97 Å². The highest BCUT2D eigenvalue weighted by Gasteiger charge is 2.29. The maximum atomic E-state index is 11.2. The van der Waals surface area contributed by atoms with E-state index in [1.807, 2.05) is 21.7 Å². The predicted octanol–water partition coefficient (Wildman–Crippen LogP) is 2.24. The van der Waals surface area contributed by atoms with Crippen LogP contribution in [0.15, 0.2) is 21.3 Å². The van der Waals surface area contributed by atoms with Crippen molar-refractivity contribution in [1.82, 2.24) is 15.0 Å². The molecule has 1 aliphatic heterocycles. The molecule has 1 unspecified atom stereocenters. The molecule has 1 atom stereocenters. The fourth-order valence-electron chi connectivity index (χ4n) is 2.46. The minimum atomic E-state index is -0.776. The topological polar surface area (TPSA) is 79.5 Å². The van der Waals surface area contributed by atoms with E-state index < -0.39 is 12.0 Å². The number of carboxylic acids is 1. The Bertz CT molecular complexity index is 581. The summed E-state index contributed by atoms with van der Waals surface area (Å²) in [6, 6.07) is 1.49. The maximum absolute atomic E-state index is 11.2. The Balaban J connectivity index is 1.72. The van der Waals surface area contributed by atoms with Gasteiger partial charge in [-0.15, -0.1) is 0 Å². The molecule has 3 rings (SSSR count). The predicted molar refractivity (Wildman–Crippen MR) is 73.3 cm³/mol. The molecule has 0 spiro atoms. The lowest BCUT2D eigenvalue weighted by atomic mass is 10.0. The Morgan fingerprint density at radius 3 is 3.20 bits per heavy atom. The molecular weight excluding hydrogens is 278 g/mol. The Morgan fingerprint density at radius 1 is 1.55 bits per heavy atom. The second-order valence-corrected chi connectivity index (χ2v) is 5.62. The summed E-state index contributed by atoms with van der Waals surface area (Å²) in [5.41, 5.74) is 0.929. The summed E-state index contributed by atoms with van der Waals surface area (Å²) >= 11 is 1.57. The highest BCUT2D eigenvalue weighted by Crippen LogP contribution is 2.22. The van der Waals surface area contributed by atoms with Gasteiger partial charge in [-0.25, -0.2) is 0 Å². The number of hydrogen-bond donors (Lipinski definition) is 1. The molecule has 1 saturated heterocycles. The number of carbonyl (C=O) groups is 1. The minimum absolute atomic E-state index is 0.397. The molecule has 0 bridgehead atoms. The summed E-state index contributed by atoms with van der Waals surface area (Å²) in [4.78, 5) is 17.5. The van der Waals surface area contributed by atoms with E-state index in [1.165, 1.54) is 0 Å². The van der Waals surface area contributed by atoms with Crippen molar-refractivity contribution in [3.8, 4) is 11.4 Å². The van der Waals surface area contributed by atoms with Crippen molar-refractivity contribution in [3.05, 3.63) is 22.7 Å². The number of thiophene rings is 1. The Hall–Kier alpha value is -1.73. The first-order valence-corrected chi connectivity index (χ1v) is 7.50. The van der Waals surface area contributed by atoms with E-state index in [0.717, 1.165) is 24.9 Å². The number of aromatic nitrogens is 2. The van der Waals surface area contributed by atoms with Crippen LogP contribution in [0.25, 0.3) is 11.4 Å². The van der Waals surface area contributed by atoms with E-state index in [2.05, 4.69) is 10.1 Å². The normalized spacial score (nSPS) is 20.1. The molecule has 0 aromatic carbocycles. The number of carboxylic acid groups (broad SMARTS) is 1. The molecule has 0 radical (unpaired) electrons. The molecular formula is C13H15N3O3S. The third-order valence-electron chi connectivity index (χ3n) is 3.48. The largest absolute Gasteiger partial charge is 0.480 e. The number of hydrogen-bond acceptors (Lipinski definition) is 6. The fraction of sp³-hybridized carbons (Fsp3) is 0.462. The Morgan fingerprint density at radius 2 is 2.45 bits per heavy atom. The van der Waals surface area contributed by atoms with E-state index in [-0.39, 0.29) is 0 Å². The number of nitrogens with zero attached hydrogens (tertiary/aromatic N) is 3. The van der Waals surface area contributed by atoms with Crippen LogP contribution < -0.4 is 0 Å². The summed E-state index contributed by atoms with van der Waals surface area (Å²) in [7, 11) is 0. The number of aliphatic carboxylic acids is 1. The number of likely N-dealkylation sites (tertiary alicyclic amines) is 1. The molecule has 0 amide bonds. The molecule has 1 aliphatic rings. The Labute approximate surface area is 120 Å². The average molecular weight is 293 g/mol. The van der Waals surface area contributed by atoms with Crippen molar-refractivity contribution in [2.75, 3.05) is 6.54 Å². The summed E-state index contributed by atoms with van der Waals surface area (Å²) in [6.07, 6.45) is 2.65. The number of rotatable bonds is 4. The van der Waals surface area contributed by atoms with Crippen LogP contribution in [0.3, 0.4) is 0 Å². The first kappa shape index (κ1) is 13.3. The number of piperidine rings is 1. The standard InChI is InChI=1S/C13H15N3O3S/c17-13(18)10-3-1-2-5-16(10)7-11-14-12(15-19-11)9-4-6-20-8-9/h4,6,8,10H,1-3,5,7H2,(H,17,18). The monoisotopic (exact) mass is 293 g/mol. The van der Waals surface area contributed by atoms with Crippen molar-refractivity contribution in [2.24, 2.45) is 0 Å². The summed E-state index contributed by atoms with van der Waals surface area (Å²) in [6.45, 7) is 1.15. The summed E-state index contributed by atoms with van der Waals surface area (Å²) < 4.78 is 5.23. The van der Waals surface area contributed by atoms with Gasteiger partial charge in [0, 0.05) is 10.9 Å². The van der Waals surface area contributed by atoms with Crippen LogP contribution in [0.1, 0.15) is 25.2 Å². The lowest BCUT2D eigenvalue weighted by Crippen LogP contribution is -2.44. The second kappa shape index (κ2) is 5.72. The highest BCUT2D eigenvalue weighted by molar-refractivity contribution is 7.08. The average Bonchev–Trinajstić information content (AvgIpc) is 3.09. The van der Waals surface area contributed by atoms with Gasteiger partial charge in [0.15, 0.2) is 0 Å². The van der Waals surface area contributed by atoms with Gasteiger partial charge in [0.1, 0.15) is 6.04 Å². The van der Waals surface area contributed by atoms with E-state index in [9.17, 15) is 9.90 Å². The first-order chi connectivity index (χ1) is 9.74. The van der Waals surface area contributed by atoms with Crippen LogP contribution in [0.4, 0.5) is 0 Å². The Kier molecular flexibility index (Phi) is 3.79. The fourth-order valence-corrected chi connectivity index (χ4v) is 3.10. The van der Waals surface area contributed by atoms with Gasteiger partial charge in [-0.3, -0.25) is 9.69 Å². The lowest BCUT2D eigenvalue weighted by molar-refractivity contribution is -0.145. The third kappa shape index (κ3) is 2.73. The van der Waals surface area contributed by atoms with E-state index in [0.29, 0.717) is 24.7 Å². The zero-order valence-corrected chi connectivity index (χ0v) is 11.7. The summed E-state index contributed by atoms with van der Waals surface area (Å²) in [5.74, 6) is 0.256. The quantitative estimate of drug-likeness (QED) is 0.931. The van der Waals surface area contributed by atoms with Crippen LogP contribution in [0.5, 0.6) is 0 Å². The van der Waals surface area contributed by atoms with E-state index in [4.69, 9.17) is 4.52 Å².